The zero-order valence-electron chi connectivity index (χ0n) is 7.36. The molecule has 1 unspecified atom stereocenters. The van der Waals surface area contributed by atoms with Crippen LogP contribution in [-0.4, -0.2) is 18.9 Å². The number of hydrogen-bond donors (Lipinski definition) is 0. The summed E-state index contributed by atoms with van der Waals surface area (Å²) in [5.74, 6) is 0.546. The van der Waals surface area contributed by atoms with E-state index in [0.29, 0.717) is 5.92 Å². The van der Waals surface area contributed by atoms with Crippen molar-refractivity contribution in [3.05, 3.63) is 29.8 Å². The van der Waals surface area contributed by atoms with E-state index in [2.05, 4.69) is 23.2 Å². The Labute approximate surface area is 77.3 Å². The average molecular weight is 173 g/mol. The minimum absolute atomic E-state index is 0.546. The summed E-state index contributed by atoms with van der Waals surface area (Å²) in [6, 6.07) is 8.40. The third kappa shape index (κ3) is 1.02. The smallest absolute Gasteiger partial charge is 0.0855 e. The summed E-state index contributed by atoms with van der Waals surface area (Å²) < 4.78 is 5.38. The molecule has 0 bridgehead atoms. The van der Waals surface area contributed by atoms with Gasteiger partial charge in [-0.2, -0.15) is 0 Å². The minimum Gasteiger partial charge on any atom is -0.375 e. The van der Waals surface area contributed by atoms with Crippen molar-refractivity contribution in [2.45, 2.75) is 12.3 Å². The van der Waals surface area contributed by atoms with Crippen LogP contribution in [0.25, 0.3) is 0 Å². The van der Waals surface area contributed by atoms with Gasteiger partial charge in [0.05, 0.1) is 18.0 Å². The number of ether oxygens (including phenoxy) is 1. The summed E-state index contributed by atoms with van der Waals surface area (Å²) in [6.45, 7) is 1.59. The molecule has 13 heavy (non-hydrogen) atoms. The fourth-order valence-corrected chi connectivity index (χ4v) is 2.13. The average Bonchev–Trinajstić information content (AvgIpc) is 2.56. The molecule has 2 nitrogen and oxygen atoms in total. The molecule has 2 heterocycles. The maximum absolute atomic E-state index is 5.38. The molecule has 1 aromatic carbocycles. The van der Waals surface area contributed by atoms with Crippen molar-refractivity contribution in [1.29, 1.82) is 0 Å². The minimum atomic E-state index is 0.546. The monoisotopic (exact) mass is 173 g/mol. The summed E-state index contributed by atoms with van der Waals surface area (Å²) in [5, 5.41) is 0. The van der Waals surface area contributed by atoms with Crippen LogP contribution in [0.4, 0.5) is 5.69 Å². The highest BCUT2D eigenvalue weighted by molar-refractivity contribution is 5.99. The highest BCUT2D eigenvalue weighted by atomic mass is 16.5. The van der Waals surface area contributed by atoms with Crippen LogP contribution in [0.2, 0.25) is 0 Å². The molecule has 0 aliphatic carbocycles. The molecule has 66 valence electrons. The van der Waals surface area contributed by atoms with Crippen LogP contribution in [0.5, 0.6) is 0 Å². The third-order valence-electron chi connectivity index (χ3n) is 2.78. The lowest BCUT2D eigenvalue weighted by atomic mass is 9.92. The zero-order chi connectivity index (χ0) is 8.67. The van der Waals surface area contributed by atoms with Crippen LogP contribution >= 0.6 is 0 Å². The molecule has 2 heteroatoms. The third-order valence-corrected chi connectivity index (χ3v) is 2.78. The van der Waals surface area contributed by atoms with Crippen LogP contribution < -0.4 is 0 Å². The molecule has 3 rings (SSSR count). The van der Waals surface area contributed by atoms with E-state index < -0.39 is 0 Å². The summed E-state index contributed by atoms with van der Waals surface area (Å²) in [6.07, 6.45) is 1.09. The van der Waals surface area contributed by atoms with E-state index in [1.807, 2.05) is 6.07 Å². The van der Waals surface area contributed by atoms with Gasteiger partial charge in [0.2, 0.25) is 0 Å². The van der Waals surface area contributed by atoms with Crippen molar-refractivity contribution in [2.75, 3.05) is 13.2 Å². The van der Waals surface area contributed by atoms with Gasteiger partial charge >= 0.3 is 0 Å². The molecule has 2 aliphatic heterocycles. The topological polar surface area (TPSA) is 21.6 Å². The first-order valence-electron chi connectivity index (χ1n) is 4.69. The van der Waals surface area contributed by atoms with Crippen LogP contribution in [0.1, 0.15) is 17.9 Å². The van der Waals surface area contributed by atoms with E-state index >= 15 is 0 Å². The summed E-state index contributed by atoms with van der Waals surface area (Å²) in [4.78, 5) is 4.57. The van der Waals surface area contributed by atoms with Gasteiger partial charge in [-0.3, -0.25) is 4.99 Å². The number of nitrogens with zero attached hydrogens (tertiary/aromatic N) is 1. The van der Waals surface area contributed by atoms with Crippen LogP contribution in [0.3, 0.4) is 0 Å². The summed E-state index contributed by atoms with van der Waals surface area (Å²) in [7, 11) is 0. The molecule has 0 amide bonds. The van der Waals surface area contributed by atoms with Gasteiger partial charge in [-0.15, -0.1) is 0 Å². The second kappa shape index (κ2) is 2.67. The standard InChI is InChI=1S/C11H11NO/c1-2-4-10-8(3-1)9-5-6-13-7-11(9)12-10/h1-4,9H,5-7H2. The van der Waals surface area contributed by atoms with Crippen LogP contribution in [0, 0.1) is 0 Å². The molecule has 0 spiro atoms. The Morgan fingerprint density at radius 1 is 1.31 bits per heavy atom. The molecule has 0 N–H and O–H groups in total. The van der Waals surface area contributed by atoms with Gasteiger partial charge in [0, 0.05) is 12.5 Å². The molecule has 0 saturated carbocycles. The van der Waals surface area contributed by atoms with Gasteiger partial charge in [-0.1, -0.05) is 18.2 Å². The number of hydrogen-bond acceptors (Lipinski definition) is 2. The van der Waals surface area contributed by atoms with Gasteiger partial charge in [-0.05, 0) is 18.1 Å². The van der Waals surface area contributed by atoms with Crippen molar-refractivity contribution in [3.63, 3.8) is 0 Å². The fraction of sp³-hybridized carbons (Fsp3) is 0.364. The van der Waals surface area contributed by atoms with E-state index in [0.717, 1.165) is 25.3 Å². The largest absolute Gasteiger partial charge is 0.375 e. The SMILES string of the molecule is c1ccc2c(c1)N=C1COCCC12. The van der Waals surface area contributed by atoms with Crippen molar-refractivity contribution in [1.82, 2.24) is 0 Å². The quantitative estimate of drug-likeness (QED) is 0.589. The van der Waals surface area contributed by atoms with Crippen LogP contribution in [0.15, 0.2) is 29.3 Å². The Balaban J connectivity index is 2.09. The maximum atomic E-state index is 5.38. The normalized spacial score (nSPS) is 24.9. The van der Waals surface area contributed by atoms with E-state index in [4.69, 9.17) is 4.74 Å². The predicted molar refractivity (Wildman–Crippen MR) is 51.7 cm³/mol. The number of rotatable bonds is 0. The molecule has 1 fully saturated rings. The highest BCUT2D eigenvalue weighted by Crippen LogP contribution is 2.38. The molecule has 0 aromatic heterocycles. The van der Waals surface area contributed by atoms with E-state index in [-0.39, 0.29) is 0 Å². The van der Waals surface area contributed by atoms with Crippen molar-refractivity contribution < 1.29 is 4.74 Å². The Morgan fingerprint density at radius 2 is 2.23 bits per heavy atom. The van der Waals surface area contributed by atoms with Gasteiger partial charge in [-0.25, -0.2) is 0 Å². The maximum Gasteiger partial charge on any atom is 0.0855 e. The van der Waals surface area contributed by atoms with Gasteiger partial charge < -0.3 is 4.74 Å². The molecular formula is C11H11NO. The van der Waals surface area contributed by atoms with Crippen molar-refractivity contribution in [3.8, 4) is 0 Å². The Kier molecular flexibility index (Phi) is 1.49. The highest BCUT2D eigenvalue weighted by Gasteiger charge is 2.29. The van der Waals surface area contributed by atoms with E-state index in [1.165, 1.54) is 11.3 Å². The Bertz CT molecular complexity index is 370. The summed E-state index contributed by atoms with van der Waals surface area (Å²) in [5.41, 5.74) is 3.75. The number of para-hydroxylation sites is 1. The van der Waals surface area contributed by atoms with Gasteiger partial charge in [0.1, 0.15) is 0 Å². The van der Waals surface area contributed by atoms with E-state index in [1.54, 1.807) is 0 Å². The molecule has 1 aromatic rings. The number of fused-ring (bicyclic) bond motifs is 3. The number of aliphatic imine (C=N–C) groups is 1. The lowest BCUT2D eigenvalue weighted by molar-refractivity contribution is 0.149. The first-order valence-corrected chi connectivity index (χ1v) is 4.69. The van der Waals surface area contributed by atoms with Crippen molar-refractivity contribution in [2.24, 2.45) is 4.99 Å². The van der Waals surface area contributed by atoms with Crippen molar-refractivity contribution >= 4 is 11.4 Å². The molecular weight excluding hydrogens is 162 g/mol. The number of benzene rings is 1. The van der Waals surface area contributed by atoms with Gasteiger partial charge in [0.25, 0.3) is 0 Å². The lowest BCUT2D eigenvalue weighted by Gasteiger charge is -2.19. The first-order chi connectivity index (χ1) is 6.45. The van der Waals surface area contributed by atoms with Gasteiger partial charge in [0.15, 0.2) is 0 Å². The first kappa shape index (κ1) is 7.27. The molecule has 1 atom stereocenters. The second-order valence-corrected chi connectivity index (χ2v) is 3.56. The lowest BCUT2D eigenvalue weighted by Crippen LogP contribution is -2.23. The molecule has 0 radical (unpaired) electrons. The second-order valence-electron chi connectivity index (χ2n) is 3.56. The predicted octanol–water partition coefficient (Wildman–Crippen LogP) is 2.28. The molecule has 2 aliphatic rings. The Morgan fingerprint density at radius 3 is 3.23 bits per heavy atom. The van der Waals surface area contributed by atoms with Crippen LogP contribution in [-0.2, 0) is 4.74 Å². The van der Waals surface area contributed by atoms with E-state index in [9.17, 15) is 0 Å². The summed E-state index contributed by atoms with van der Waals surface area (Å²) >= 11 is 0. The zero-order valence-corrected chi connectivity index (χ0v) is 7.36. The molecule has 1 saturated heterocycles. The Hall–Kier alpha value is -1.15. The fourth-order valence-electron chi connectivity index (χ4n) is 2.13.